The van der Waals surface area contributed by atoms with Crippen molar-refractivity contribution in [2.75, 3.05) is 13.2 Å². The normalized spacial score (nSPS) is 21.6. The zero-order valence-corrected chi connectivity index (χ0v) is 12.1. The summed E-state index contributed by atoms with van der Waals surface area (Å²) in [6, 6.07) is 10.2. The van der Waals surface area contributed by atoms with E-state index in [4.69, 9.17) is 10.5 Å². The fourth-order valence-corrected chi connectivity index (χ4v) is 2.48. The van der Waals surface area contributed by atoms with Crippen molar-refractivity contribution in [1.29, 1.82) is 0 Å². The van der Waals surface area contributed by atoms with E-state index in [2.05, 4.69) is 17.4 Å². The molecule has 110 valence electrons. The van der Waals surface area contributed by atoms with Gasteiger partial charge in [-0.25, -0.2) is 0 Å². The van der Waals surface area contributed by atoms with E-state index in [1.807, 2.05) is 25.1 Å². The van der Waals surface area contributed by atoms with E-state index >= 15 is 0 Å². The predicted octanol–water partition coefficient (Wildman–Crippen LogP) is 1.63. The van der Waals surface area contributed by atoms with Crippen LogP contribution in [-0.2, 0) is 16.0 Å². The second-order valence-electron chi connectivity index (χ2n) is 5.70. The maximum Gasteiger partial charge on any atom is 0.237 e. The minimum atomic E-state index is -0.679. The molecule has 1 aliphatic rings. The van der Waals surface area contributed by atoms with Gasteiger partial charge in [-0.1, -0.05) is 30.3 Å². The first-order chi connectivity index (χ1) is 9.60. The van der Waals surface area contributed by atoms with Gasteiger partial charge in [-0.3, -0.25) is 4.79 Å². The summed E-state index contributed by atoms with van der Waals surface area (Å²) in [6.45, 7) is 3.39. The topological polar surface area (TPSA) is 64.3 Å². The molecular weight excluding hydrogens is 252 g/mol. The minimum Gasteiger partial charge on any atom is -0.377 e. The molecule has 0 saturated carbocycles. The number of benzene rings is 1. The Morgan fingerprint density at radius 2 is 2.20 bits per heavy atom. The first kappa shape index (κ1) is 15.0. The van der Waals surface area contributed by atoms with Crippen LogP contribution in [0.5, 0.6) is 0 Å². The monoisotopic (exact) mass is 276 g/mol. The van der Waals surface area contributed by atoms with Crippen LogP contribution in [-0.4, -0.2) is 30.7 Å². The number of carbonyl (C=O) groups is 1. The van der Waals surface area contributed by atoms with Crippen molar-refractivity contribution in [2.45, 2.75) is 44.2 Å². The van der Waals surface area contributed by atoms with Crippen LogP contribution in [0.1, 0.15) is 31.7 Å². The third-order valence-corrected chi connectivity index (χ3v) is 4.04. The number of amides is 1. The Labute approximate surface area is 120 Å². The molecule has 1 aromatic rings. The number of rotatable bonds is 7. The Morgan fingerprint density at radius 1 is 1.45 bits per heavy atom. The molecule has 1 saturated heterocycles. The zero-order chi connectivity index (χ0) is 14.4. The molecule has 2 rings (SSSR count). The molecule has 1 heterocycles. The number of hydrogen-bond acceptors (Lipinski definition) is 3. The van der Waals surface area contributed by atoms with Crippen molar-refractivity contribution in [2.24, 2.45) is 5.73 Å². The van der Waals surface area contributed by atoms with Crippen LogP contribution in [0.4, 0.5) is 0 Å². The van der Waals surface area contributed by atoms with E-state index < -0.39 is 5.54 Å². The van der Waals surface area contributed by atoms with Crippen LogP contribution >= 0.6 is 0 Å². The number of aryl methyl sites for hydroxylation is 1. The standard InChI is InChI=1S/C16H24N2O2/c1-16(15(17)19,18-12-14-8-5-11-20-14)10-9-13-6-3-2-4-7-13/h2-4,6-7,14,18H,5,8-12H2,1H3,(H2,17,19). The van der Waals surface area contributed by atoms with Gasteiger partial charge in [-0.15, -0.1) is 0 Å². The first-order valence-corrected chi connectivity index (χ1v) is 7.31. The molecule has 1 amide bonds. The largest absolute Gasteiger partial charge is 0.377 e. The lowest BCUT2D eigenvalue weighted by atomic mass is 9.92. The molecule has 0 spiro atoms. The third kappa shape index (κ3) is 4.05. The van der Waals surface area contributed by atoms with Crippen LogP contribution in [0.25, 0.3) is 0 Å². The lowest BCUT2D eigenvalue weighted by Gasteiger charge is -2.29. The Hall–Kier alpha value is -1.39. The van der Waals surface area contributed by atoms with Crippen molar-refractivity contribution >= 4 is 5.91 Å². The molecule has 4 nitrogen and oxygen atoms in total. The number of carbonyl (C=O) groups excluding carboxylic acids is 1. The van der Waals surface area contributed by atoms with Crippen molar-refractivity contribution in [3.05, 3.63) is 35.9 Å². The summed E-state index contributed by atoms with van der Waals surface area (Å²) in [5.41, 5.74) is 6.12. The molecule has 2 unspecified atom stereocenters. The lowest BCUT2D eigenvalue weighted by Crippen LogP contribution is -2.55. The summed E-state index contributed by atoms with van der Waals surface area (Å²) in [5, 5.41) is 3.31. The maximum absolute atomic E-state index is 11.8. The lowest BCUT2D eigenvalue weighted by molar-refractivity contribution is -0.124. The highest BCUT2D eigenvalue weighted by Crippen LogP contribution is 2.16. The average molecular weight is 276 g/mol. The van der Waals surface area contributed by atoms with Gasteiger partial charge in [0.15, 0.2) is 0 Å². The predicted molar refractivity (Wildman–Crippen MR) is 79.3 cm³/mol. The van der Waals surface area contributed by atoms with Crippen LogP contribution in [0.15, 0.2) is 30.3 Å². The quantitative estimate of drug-likeness (QED) is 0.795. The Morgan fingerprint density at radius 3 is 2.80 bits per heavy atom. The van der Waals surface area contributed by atoms with Crippen molar-refractivity contribution in [3.63, 3.8) is 0 Å². The van der Waals surface area contributed by atoms with Crippen LogP contribution in [0, 0.1) is 0 Å². The fraction of sp³-hybridized carbons (Fsp3) is 0.562. The second-order valence-corrected chi connectivity index (χ2v) is 5.70. The summed E-state index contributed by atoms with van der Waals surface area (Å²) in [6.07, 6.45) is 3.90. The van der Waals surface area contributed by atoms with Crippen molar-refractivity contribution < 1.29 is 9.53 Å². The zero-order valence-electron chi connectivity index (χ0n) is 12.1. The van der Waals surface area contributed by atoms with Gasteiger partial charge in [-0.2, -0.15) is 0 Å². The summed E-state index contributed by atoms with van der Waals surface area (Å²) in [7, 11) is 0. The summed E-state index contributed by atoms with van der Waals surface area (Å²) in [4.78, 5) is 11.8. The molecule has 2 atom stereocenters. The highest BCUT2D eigenvalue weighted by molar-refractivity contribution is 5.84. The molecule has 20 heavy (non-hydrogen) atoms. The van der Waals surface area contributed by atoms with Crippen LogP contribution in [0.3, 0.4) is 0 Å². The Bertz CT molecular complexity index is 429. The number of primary amides is 1. The summed E-state index contributed by atoms with van der Waals surface area (Å²) >= 11 is 0. The third-order valence-electron chi connectivity index (χ3n) is 4.04. The number of nitrogens with one attached hydrogen (secondary N) is 1. The number of ether oxygens (including phenoxy) is 1. The van der Waals surface area contributed by atoms with Gasteiger partial charge in [0.25, 0.3) is 0 Å². The van der Waals surface area contributed by atoms with E-state index in [1.165, 1.54) is 5.56 Å². The van der Waals surface area contributed by atoms with Gasteiger partial charge in [0.05, 0.1) is 11.6 Å². The fourth-order valence-electron chi connectivity index (χ4n) is 2.48. The van der Waals surface area contributed by atoms with Crippen molar-refractivity contribution in [3.8, 4) is 0 Å². The molecule has 0 aromatic heterocycles. The second kappa shape index (κ2) is 6.86. The molecule has 1 fully saturated rings. The summed E-state index contributed by atoms with van der Waals surface area (Å²) in [5.74, 6) is -0.300. The van der Waals surface area contributed by atoms with E-state index in [1.54, 1.807) is 0 Å². The van der Waals surface area contributed by atoms with Crippen LogP contribution < -0.4 is 11.1 Å². The molecule has 0 aliphatic carbocycles. The van der Waals surface area contributed by atoms with E-state index in [9.17, 15) is 4.79 Å². The molecule has 1 aromatic carbocycles. The maximum atomic E-state index is 11.8. The SMILES string of the molecule is CC(CCc1ccccc1)(NCC1CCCO1)C(N)=O. The van der Waals surface area contributed by atoms with Gasteiger partial charge in [0.2, 0.25) is 5.91 Å². The van der Waals surface area contributed by atoms with E-state index in [0.717, 1.165) is 25.9 Å². The van der Waals surface area contributed by atoms with Crippen molar-refractivity contribution in [1.82, 2.24) is 5.32 Å². The minimum absolute atomic E-state index is 0.213. The molecule has 0 bridgehead atoms. The number of nitrogens with two attached hydrogens (primary N) is 1. The van der Waals surface area contributed by atoms with Gasteiger partial charge in [-0.05, 0) is 38.2 Å². The van der Waals surface area contributed by atoms with E-state index in [-0.39, 0.29) is 12.0 Å². The molecule has 0 radical (unpaired) electrons. The number of hydrogen-bond donors (Lipinski definition) is 2. The molecule has 3 N–H and O–H groups in total. The molecular formula is C16H24N2O2. The van der Waals surface area contributed by atoms with Crippen LogP contribution in [0.2, 0.25) is 0 Å². The highest BCUT2D eigenvalue weighted by Gasteiger charge is 2.31. The van der Waals surface area contributed by atoms with Gasteiger partial charge in [0.1, 0.15) is 0 Å². The van der Waals surface area contributed by atoms with Gasteiger partial charge in [0, 0.05) is 13.2 Å². The first-order valence-electron chi connectivity index (χ1n) is 7.31. The Balaban J connectivity index is 1.88. The smallest absolute Gasteiger partial charge is 0.237 e. The van der Waals surface area contributed by atoms with Gasteiger partial charge < -0.3 is 15.8 Å². The average Bonchev–Trinajstić information content (AvgIpc) is 2.97. The Kier molecular flexibility index (Phi) is 5.15. The highest BCUT2D eigenvalue weighted by atomic mass is 16.5. The molecule has 1 aliphatic heterocycles. The van der Waals surface area contributed by atoms with Gasteiger partial charge >= 0.3 is 0 Å². The summed E-state index contributed by atoms with van der Waals surface area (Å²) < 4.78 is 5.58. The molecule has 4 heteroatoms. The van der Waals surface area contributed by atoms with E-state index in [0.29, 0.717) is 13.0 Å².